The number of benzene rings is 2. The highest BCUT2D eigenvalue weighted by Gasteiger charge is 2.39. The summed E-state index contributed by atoms with van der Waals surface area (Å²) in [4.78, 5) is 30.1. The number of amides is 1. The van der Waals surface area contributed by atoms with Crippen molar-refractivity contribution in [1.82, 2.24) is 14.7 Å². The van der Waals surface area contributed by atoms with E-state index in [1.54, 1.807) is 4.90 Å². The maximum absolute atomic E-state index is 13.6. The standard InChI is InChI=1S/C31H33F6N3O4/c1-20-5-6-22(13-21(20)2)14-26-18-38(7-3-4-8-39-11-12-44-19-27(39)29(42)43)9-10-40(26)28(41)23-15-24(30(32,33)34)17-25(16-23)31(35,36)37/h5-6,13,15-17,26-27H,7-12,14,18-19H2,1-2H3,(H,42,43)/t26-,27+/m1/s1. The Morgan fingerprint density at radius 2 is 1.57 bits per heavy atom. The molecule has 0 aliphatic carbocycles. The number of ether oxygens (including phenoxy) is 1. The summed E-state index contributed by atoms with van der Waals surface area (Å²) in [5.74, 6) is 4.12. The maximum Gasteiger partial charge on any atom is 0.416 e. The lowest BCUT2D eigenvalue weighted by Gasteiger charge is -2.41. The van der Waals surface area contributed by atoms with Gasteiger partial charge in [-0.2, -0.15) is 26.3 Å². The van der Waals surface area contributed by atoms with Crippen LogP contribution in [0.5, 0.6) is 0 Å². The highest BCUT2D eigenvalue weighted by molar-refractivity contribution is 5.95. The molecule has 2 aliphatic heterocycles. The molecule has 2 heterocycles. The first-order chi connectivity index (χ1) is 20.6. The van der Waals surface area contributed by atoms with Crippen molar-refractivity contribution in [2.75, 3.05) is 52.5 Å². The lowest BCUT2D eigenvalue weighted by atomic mass is 9.97. The van der Waals surface area contributed by atoms with Crippen molar-refractivity contribution < 1.29 is 45.8 Å². The van der Waals surface area contributed by atoms with E-state index in [9.17, 15) is 41.0 Å². The van der Waals surface area contributed by atoms with Crippen molar-refractivity contribution in [2.24, 2.45) is 0 Å². The summed E-state index contributed by atoms with van der Waals surface area (Å²) in [7, 11) is 0. The molecule has 13 heteroatoms. The van der Waals surface area contributed by atoms with Crippen molar-refractivity contribution in [3.63, 3.8) is 0 Å². The number of carboxylic acids is 1. The van der Waals surface area contributed by atoms with Crippen LogP contribution in [0.15, 0.2) is 36.4 Å². The number of nitrogens with zero attached hydrogens (tertiary/aromatic N) is 3. The van der Waals surface area contributed by atoms with Crippen molar-refractivity contribution in [3.05, 3.63) is 69.8 Å². The second-order valence-corrected chi connectivity index (χ2v) is 11.1. The Morgan fingerprint density at radius 3 is 2.18 bits per heavy atom. The molecule has 0 saturated carbocycles. The van der Waals surface area contributed by atoms with Crippen LogP contribution in [0.4, 0.5) is 26.3 Å². The minimum Gasteiger partial charge on any atom is -0.480 e. The highest BCUT2D eigenvalue weighted by Crippen LogP contribution is 2.37. The molecule has 2 fully saturated rings. The predicted octanol–water partition coefficient (Wildman–Crippen LogP) is 4.50. The molecule has 0 aromatic heterocycles. The molecule has 2 aromatic rings. The number of aryl methyl sites for hydroxylation is 2. The first kappa shape index (κ1) is 33.3. The van der Waals surface area contributed by atoms with Gasteiger partial charge in [0.05, 0.1) is 37.4 Å². The van der Waals surface area contributed by atoms with E-state index in [-0.39, 0.29) is 38.9 Å². The fourth-order valence-electron chi connectivity index (χ4n) is 5.33. The van der Waals surface area contributed by atoms with Crippen molar-refractivity contribution in [3.8, 4) is 11.8 Å². The third-order valence-corrected chi connectivity index (χ3v) is 7.94. The maximum atomic E-state index is 13.6. The summed E-state index contributed by atoms with van der Waals surface area (Å²) in [6.07, 6.45) is -9.81. The minimum atomic E-state index is -5.07. The summed E-state index contributed by atoms with van der Waals surface area (Å²) >= 11 is 0. The van der Waals surface area contributed by atoms with E-state index in [0.717, 1.165) is 16.7 Å². The molecule has 0 unspecified atom stereocenters. The van der Waals surface area contributed by atoms with Crippen LogP contribution in [0.2, 0.25) is 0 Å². The van der Waals surface area contributed by atoms with E-state index in [1.807, 2.05) is 36.9 Å². The van der Waals surface area contributed by atoms with Gasteiger partial charge >= 0.3 is 18.3 Å². The Balaban J connectivity index is 1.56. The molecule has 2 atom stereocenters. The highest BCUT2D eigenvalue weighted by atomic mass is 19.4. The topological polar surface area (TPSA) is 73.3 Å². The van der Waals surface area contributed by atoms with E-state index >= 15 is 0 Å². The predicted molar refractivity (Wildman–Crippen MR) is 149 cm³/mol. The van der Waals surface area contributed by atoms with E-state index in [1.165, 1.54) is 4.90 Å². The first-order valence-electron chi connectivity index (χ1n) is 14.0. The molecular formula is C31H33F6N3O4. The molecular weight excluding hydrogens is 592 g/mol. The average Bonchev–Trinajstić information content (AvgIpc) is 2.96. The molecule has 4 rings (SSSR count). The summed E-state index contributed by atoms with van der Waals surface area (Å²) in [6.45, 7) is 5.93. The van der Waals surface area contributed by atoms with Gasteiger partial charge in [-0.1, -0.05) is 30.0 Å². The van der Waals surface area contributed by atoms with Gasteiger partial charge in [0.2, 0.25) is 0 Å². The van der Waals surface area contributed by atoms with Crippen LogP contribution in [0.3, 0.4) is 0 Å². The van der Waals surface area contributed by atoms with Crippen molar-refractivity contribution >= 4 is 11.9 Å². The smallest absolute Gasteiger partial charge is 0.416 e. The van der Waals surface area contributed by atoms with Gasteiger partial charge in [-0.3, -0.25) is 19.4 Å². The Morgan fingerprint density at radius 1 is 0.909 bits per heavy atom. The monoisotopic (exact) mass is 625 g/mol. The average molecular weight is 626 g/mol. The fourth-order valence-corrected chi connectivity index (χ4v) is 5.33. The third-order valence-electron chi connectivity index (χ3n) is 7.94. The molecule has 2 aromatic carbocycles. The summed E-state index contributed by atoms with van der Waals surface area (Å²) < 4.78 is 86.3. The second-order valence-electron chi connectivity index (χ2n) is 11.1. The molecule has 0 bridgehead atoms. The quantitative estimate of drug-likeness (QED) is 0.377. The lowest BCUT2D eigenvalue weighted by Crippen LogP contribution is -2.56. The molecule has 238 valence electrons. The number of carboxylic acid groups (broad SMARTS) is 1. The van der Waals surface area contributed by atoms with Gasteiger partial charge in [0.25, 0.3) is 5.91 Å². The Bertz CT molecular complexity index is 1400. The van der Waals surface area contributed by atoms with Gasteiger partial charge in [0, 0.05) is 37.8 Å². The number of carbonyl (C=O) groups is 2. The number of hydrogen-bond acceptors (Lipinski definition) is 5. The molecule has 0 spiro atoms. The first-order valence-corrected chi connectivity index (χ1v) is 14.0. The zero-order valence-electron chi connectivity index (χ0n) is 24.3. The van der Waals surface area contributed by atoms with Crippen LogP contribution in [0, 0.1) is 25.7 Å². The van der Waals surface area contributed by atoms with Crippen LogP contribution in [-0.2, 0) is 28.3 Å². The van der Waals surface area contributed by atoms with Gasteiger partial charge < -0.3 is 14.7 Å². The SMILES string of the molecule is Cc1ccc(C[C@@H]2CN(CC#CCN3CCOC[C@H]3C(=O)O)CCN2C(=O)c2cc(C(F)(F)F)cc(C(F)(F)F)c2)cc1C. The number of halogens is 6. The largest absolute Gasteiger partial charge is 0.480 e. The summed E-state index contributed by atoms with van der Waals surface area (Å²) in [5, 5.41) is 9.39. The summed E-state index contributed by atoms with van der Waals surface area (Å²) in [5.41, 5.74) is -0.827. The Labute approximate surface area is 251 Å². The van der Waals surface area contributed by atoms with Crippen molar-refractivity contribution in [1.29, 1.82) is 0 Å². The molecule has 44 heavy (non-hydrogen) atoms. The number of piperazine rings is 1. The van der Waals surface area contributed by atoms with E-state index in [4.69, 9.17) is 4.74 Å². The molecule has 2 saturated heterocycles. The summed E-state index contributed by atoms with van der Waals surface area (Å²) in [6, 6.07) is 5.36. The molecule has 0 radical (unpaired) electrons. The number of hydrogen-bond donors (Lipinski definition) is 1. The molecule has 1 amide bonds. The normalized spacial score (nSPS) is 20.2. The Kier molecular flexibility index (Phi) is 10.3. The fraction of sp³-hybridized carbons (Fsp3) is 0.484. The number of carbonyl (C=O) groups excluding carboxylic acids is 1. The molecule has 2 aliphatic rings. The van der Waals surface area contributed by atoms with Gasteiger partial charge in [0.15, 0.2) is 0 Å². The second kappa shape index (κ2) is 13.6. The van der Waals surface area contributed by atoms with Crippen LogP contribution in [-0.4, -0.2) is 96.2 Å². The van der Waals surface area contributed by atoms with Gasteiger partial charge in [-0.25, -0.2) is 0 Å². The van der Waals surface area contributed by atoms with Gasteiger partial charge in [0.1, 0.15) is 6.04 Å². The van der Waals surface area contributed by atoms with Crippen LogP contribution in [0.25, 0.3) is 0 Å². The molecule has 1 N–H and O–H groups in total. The van der Waals surface area contributed by atoms with Crippen molar-refractivity contribution in [2.45, 2.75) is 44.7 Å². The van der Waals surface area contributed by atoms with Crippen LogP contribution >= 0.6 is 0 Å². The van der Waals surface area contributed by atoms with Crippen LogP contribution < -0.4 is 0 Å². The van der Waals surface area contributed by atoms with E-state index in [0.29, 0.717) is 38.2 Å². The number of alkyl halides is 6. The zero-order valence-corrected chi connectivity index (χ0v) is 24.3. The lowest BCUT2D eigenvalue weighted by molar-refractivity contribution is -0.149. The minimum absolute atomic E-state index is 0.00946. The van der Waals surface area contributed by atoms with E-state index in [2.05, 4.69) is 11.8 Å². The van der Waals surface area contributed by atoms with Crippen LogP contribution in [0.1, 0.15) is 38.2 Å². The van der Waals surface area contributed by atoms with Gasteiger partial charge in [-0.15, -0.1) is 0 Å². The zero-order chi connectivity index (χ0) is 32.2. The third kappa shape index (κ3) is 8.31. The van der Waals surface area contributed by atoms with Gasteiger partial charge in [-0.05, 0) is 55.2 Å². The molecule has 7 nitrogen and oxygen atoms in total. The Hall–Kier alpha value is -3.60. The van der Waals surface area contributed by atoms with E-state index < -0.39 is 53.0 Å². The number of rotatable bonds is 6. The number of morpholine rings is 1. The number of aliphatic carboxylic acids is 1.